The minimum Gasteiger partial charge on any atom is -0.388 e. The fraction of sp³-hybridized carbons (Fsp3) is 0.167. The van der Waals surface area contributed by atoms with Crippen LogP contribution in [0.25, 0.3) is 10.8 Å². The largest absolute Gasteiger partial charge is 0.388 e. The van der Waals surface area contributed by atoms with Gasteiger partial charge in [0, 0.05) is 12.5 Å². The molecule has 0 saturated carbocycles. The van der Waals surface area contributed by atoms with Gasteiger partial charge in [-0.05, 0) is 22.6 Å². The maximum absolute atomic E-state index is 10.9. The van der Waals surface area contributed by atoms with Gasteiger partial charge in [0.1, 0.15) is 0 Å². The Bertz CT molecular complexity index is 606. The van der Waals surface area contributed by atoms with E-state index in [9.17, 15) is 15.2 Å². The standard InChI is InChI=1S/C12H9NO3/c14-11-6-7-4-5-10(13(15)16)8-2-1-3-9(11)12(7)8/h1-5,11,14H,6H2. The molecule has 2 aromatic carbocycles. The van der Waals surface area contributed by atoms with Crippen molar-refractivity contribution in [3.63, 3.8) is 0 Å². The van der Waals surface area contributed by atoms with E-state index >= 15 is 0 Å². The van der Waals surface area contributed by atoms with Crippen LogP contribution in [0.5, 0.6) is 0 Å². The molecule has 1 unspecified atom stereocenters. The van der Waals surface area contributed by atoms with Crippen LogP contribution in [0.2, 0.25) is 0 Å². The molecule has 0 fully saturated rings. The third-order valence-corrected chi connectivity index (χ3v) is 3.11. The normalized spacial score (nSPS) is 17.9. The van der Waals surface area contributed by atoms with Gasteiger partial charge in [0.05, 0.1) is 16.4 Å². The lowest BCUT2D eigenvalue weighted by molar-refractivity contribution is -0.383. The molecule has 1 aliphatic rings. The van der Waals surface area contributed by atoms with Crippen LogP contribution in [-0.4, -0.2) is 10.0 Å². The van der Waals surface area contributed by atoms with E-state index in [2.05, 4.69) is 0 Å². The summed E-state index contributed by atoms with van der Waals surface area (Å²) in [6.45, 7) is 0. The van der Waals surface area contributed by atoms with Crippen molar-refractivity contribution >= 4 is 16.5 Å². The van der Waals surface area contributed by atoms with Gasteiger partial charge in [0.15, 0.2) is 0 Å². The van der Waals surface area contributed by atoms with Crippen molar-refractivity contribution in [1.29, 1.82) is 0 Å². The Morgan fingerprint density at radius 1 is 1.31 bits per heavy atom. The predicted octanol–water partition coefficient (Wildman–Crippen LogP) is 2.34. The molecule has 0 radical (unpaired) electrons. The summed E-state index contributed by atoms with van der Waals surface area (Å²) in [6.07, 6.45) is 0.0223. The lowest BCUT2D eigenvalue weighted by atomic mass is 10.0. The van der Waals surface area contributed by atoms with Crippen molar-refractivity contribution in [3.05, 3.63) is 51.6 Å². The van der Waals surface area contributed by atoms with Crippen LogP contribution in [0.1, 0.15) is 17.2 Å². The maximum atomic E-state index is 10.9. The van der Waals surface area contributed by atoms with Crippen LogP contribution in [0.4, 0.5) is 5.69 Å². The molecule has 1 atom stereocenters. The Balaban J connectivity index is 2.46. The van der Waals surface area contributed by atoms with E-state index in [1.807, 2.05) is 6.07 Å². The molecule has 80 valence electrons. The maximum Gasteiger partial charge on any atom is 0.277 e. The van der Waals surface area contributed by atoms with Crippen molar-refractivity contribution < 1.29 is 10.0 Å². The number of benzene rings is 2. The predicted molar refractivity (Wildman–Crippen MR) is 59.3 cm³/mol. The van der Waals surface area contributed by atoms with E-state index in [1.54, 1.807) is 18.2 Å². The van der Waals surface area contributed by atoms with Crippen molar-refractivity contribution in [1.82, 2.24) is 0 Å². The first-order valence-corrected chi connectivity index (χ1v) is 5.05. The molecule has 0 saturated heterocycles. The van der Waals surface area contributed by atoms with Crippen LogP contribution in [0.15, 0.2) is 30.3 Å². The van der Waals surface area contributed by atoms with Crippen molar-refractivity contribution in [2.45, 2.75) is 12.5 Å². The average Bonchev–Trinajstić information content (AvgIpc) is 2.58. The highest BCUT2D eigenvalue weighted by Crippen LogP contribution is 2.40. The van der Waals surface area contributed by atoms with E-state index in [0.717, 1.165) is 16.5 Å². The van der Waals surface area contributed by atoms with Crippen molar-refractivity contribution in [2.24, 2.45) is 0 Å². The topological polar surface area (TPSA) is 63.4 Å². The molecule has 1 N–H and O–H groups in total. The van der Waals surface area contributed by atoms with E-state index in [1.165, 1.54) is 6.07 Å². The molecule has 2 aromatic rings. The smallest absolute Gasteiger partial charge is 0.277 e. The van der Waals surface area contributed by atoms with Crippen LogP contribution >= 0.6 is 0 Å². The summed E-state index contributed by atoms with van der Waals surface area (Å²) in [6, 6.07) is 8.56. The first kappa shape index (κ1) is 9.30. The molecule has 4 nitrogen and oxygen atoms in total. The van der Waals surface area contributed by atoms with Gasteiger partial charge in [-0.2, -0.15) is 0 Å². The average molecular weight is 215 g/mol. The highest BCUT2D eigenvalue weighted by Gasteiger charge is 2.25. The van der Waals surface area contributed by atoms with Crippen LogP contribution in [0, 0.1) is 10.1 Å². The number of hydrogen-bond acceptors (Lipinski definition) is 3. The summed E-state index contributed by atoms with van der Waals surface area (Å²) < 4.78 is 0. The fourth-order valence-corrected chi connectivity index (χ4v) is 2.42. The Labute approximate surface area is 91.3 Å². The van der Waals surface area contributed by atoms with E-state index in [-0.39, 0.29) is 10.6 Å². The second kappa shape index (κ2) is 3.02. The zero-order chi connectivity index (χ0) is 11.3. The molecule has 0 heterocycles. The lowest BCUT2D eigenvalue weighted by Gasteiger charge is -2.03. The second-order valence-electron chi connectivity index (χ2n) is 3.99. The summed E-state index contributed by atoms with van der Waals surface area (Å²) in [4.78, 5) is 10.5. The van der Waals surface area contributed by atoms with E-state index in [4.69, 9.17) is 0 Å². The Morgan fingerprint density at radius 3 is 2.88 bits per heavy atom. The molecule has 0 bridgehead atoms. The van der Waals surface area contributed by atoms with Gasteiger partial charge in [-0.15, -0.1) is 0 Å². The third-order valence-electron chi connectivity index (χ3n) is 3.11. The molecule has 0 aromatic heterocycles. The van der Waals surface area contributed by atoms with Gasteiger partial charge >= 0.3 is 0 Å². The van der Waals surface area contributed by atoms with Gasteiger partial charge in [0.25, 0.3) is 5.69 Å². The monoisotopic (exact) mass is 215 g/mol. The van der Waals surface area contributed by atoms with Crippen molar-refractivity contribution in [3.8, 4) is 0 Å². The number of nitro benzene ring substituents is 1. The molecular weight excluding hydrogens is 206 g/mol. The minimum absolute atomic E-state index is 0.106. The zero-order valence-electron chi connectivity index (χ0n) is 8.38. The highest BCUT2D eigenvalue weighted by molar-refractivity contribution is 5.97. The summed E-state index contributed by atoms with van der Waals surface area (Å²) >= 11 is 0. The summed E-state index contributed by atoms with van der Waals surface area (Å²) in [7, 11) is 0. The molecule has 0 spiro atoms. The molecule has 16 heavy (non-hydrogen) atoms. The molecule has 0 aliphatic heterocycles. The van der Waals surface area contributed by atoms with Gasteiger partial charge in [-0.1, -0.05) is 18.2 Å². The van der Waals surface area contributed by atoms with Gasteiger partial charge in [-0.25, -0.2) is 0 Å². The molecule has 1 aliphatic carbocycles. The van der Waals surface area contributed by atoms with Crippen LogP contribution in [0.3, 0.4) is 0 Å². The van der Waals surface area contributed by atoms with E-state index < -0.39 is 6.10 Å². The zero-order valence-corrected chi connectivity index (χ0v) is 8.38. The Kier molecular flexibility index (Phi) is 1.76. The number of aliphatic hydroxyl groups is 1. The second-order valence-corrected chi connectivity index (χ2v) is 3.99. The SMILES string of the molecule is O=[N+]([O-])c1ccc2c3c(cccc13)C(O)C2. The first-order chi connectivity index (χ1) is 7.68. The third kappa shape index (κ3) is 1.07. The van der Waals surface area contributed by atoms with Gasteiger partial charge < -0.3 is 5.11 Å². The number of non-ortho nitro benzene ring substituents is 1. The number of rotatable bonds is 1. The van der Waals surface area contributed by atoms with Crippen LogP contribution in [-0.2, 0) is 6.42 Å². The van der Waals surface area contributed by atoms with Crippen LogP contribution < -0.4 is 0 Å². The van der Waals surface area contributed by atoms with Gasteiger partial charge in [-0.3, -0.25) is 10.1 Å². The Morgan fingerprint density at radius 2 is 2.12 bits per heavy atom. The molecular formula is C12H9NO3. The fourth-order valence-electron chi connectivity index (χ4n) is 2.42. The van der Waals surface area contributed by atoms with Crippen molar-refractivity contribution in [2.75, 3.05) is 0 Å². The molecule has 0 amide bonds. The number of hydrogen-bond donors (Lipinski definition) is 1. The number of nitrogens with zero attached hydrogens (tertiary/aromatic N) is 1. The van der Waals surface area contributed by atoms with E-state index in [0.29, 0.717) is 11.8 Å². The quantitative estimate of drug-likeness (QED) is 0.586. The first-order valence-electron chi connectivity index (χ1n) is 5.05. The summed E-state index contributed by atoms with van der Waals surface area (Å²) in [5.74, 6) is 0. The minimum atomic E-state index is -0.527. The lowest BCUT2D eigenvalue weighted by Crippen LogP contribution is -1.92. The molecule has 4 heteroatoms. The molecule has 3 rings (SSSR count). The number of nitro groups is 1. The number of aliphatic hydroxyl groups excluding tert-OH is 1. The summed E-state index contributed by atoms with van der Waals surface area (Å²) in [5.41, 5.74) is 1.90. The van der Waals surface area contributed by atoms with Gasteiger partial charge in [0.2, 0.25) is 0 Å². The summed E-state index contributed by atoms with van der Waals surface area (Å²) in [5, 5.41) is 22.2. The Hall–Kier alpha value is -1.94. The highest BCUT2D eigenvalue weighted by atomic mass is 16.6.